The van der Waals surface area contributed by atoms with E-state index in [2.05, 4.69) is 16.4 Å². The molecule has 0 fully saturated rings. The Kier molecular flexibility index (Phi) is 5.45. The van der Waals surface area contributed by atoms with Crippen molar-refractivity contribution in [2.75, 3.05) is 11.9 Å². The minimum Gasteiger partial charge on any atom is -0.335 e. The van der Waals surface area contributed by atoms with Gasteiger partial charge in [-0.25, -0.2) is 4.98 Å². The van der Waals surface area contributed by atoms with Gasteiger partial charge >= 0.3 is 0 Å². The van der Waals surface area contributed by atoms with Gasteiger partial charge in [-0.2, -0.15) is 0 Å². The zero-order chi connectivity index (χ0) is 20.4. The van der Waals surface area contributed by atoms with E-state index >= 15 is 0 Å². The fourth-order valence-corrected chi connectivity index (χ4v) is 4.51. The zero-order valence-electron chi connectivity index (χ0n) is 16.5. The number of aromatic nitrogens is 1. The molecule has 1 N–H and O–H groups in total. The third-order valence-electron chi connectivity index (χ3n) is 5.26. The van der Waals surface area contributed by atoms with Gasteiger partial charge < -0.3 is 10.2 Å². The van der Waals surface area contributed by atoms with Crippen molar-refractivity contribution >= 4 is 28.8 Å². The van der Waals surface area contributed by atoms with Gasteiger partial charge in [0.05, 0.1) is 23.2 Å². The van der Waals surface area contributed by atoms with E-state index in [9.17, 15) is 9.59 Å². The third kappa shape index (κ3) is 4.22. The smallest absolute Gasteiger partial charge is 0.226 e. The molecule has 2 heterocycles. The maximum absolute atomic E-state index is 12.8. The number of nitrogens with one attached hydrogen (secondary N) is 1. The van der Waals surface area contributed by atoms with Crippen LogP contribution in [0.15, 0.2) is 53.9 Å². The van der Waals surface area contributed by atoms with Gasteiger partial charge in [0.15, 0.2) is 0 Å². The fraction of sp³-hybridized carbons (Fsp3) is 0.261. The molecule has 29 heavy (non-hydrogen) atoms. The van der Waals surface area contributed by atoms with Crippen LogP contribution in [0, 0.1) is 6.92 Å². The van der Waals surface area contributed by atoms with E-state index in [0.717, 1.165) is 33.9 Å². The van der Waals surface area contributed by atoms with Gasteiger partial charge in [0.2, 0.25) is 11.8 Å². The number of anilines is 1. The van der Waals surface area contributed by atoms with Crippen molar-refractivity contribution in [3.8, 4) is 11.3 Å². The van der Waals surface area contributed by atoms with E-state index in [4.69, 9.17) is 0 Å². The van der Waals surface area contributed by atoms with E-state index < -0.39 is 0 Å². The second-order valence-electron chi connectivity index (χ2n) is 7.26. The molecule has 0 spiro atoms. The highest BCUT2D eigenvalue weighted by Gasteiger charge is 2.30. The first-order valence-corrected chi connectivity index (χ1v) is 10.6. The van der Waals surface area contributed by atoms with Crippen LogP contribution in [0.25, 0.3) is 11.3 Å². The van der Waals surface area contributed by atoms with Crippen molar-refractivity contribution < 1.29 is 9.59 Å². The molecule has 5 nitrogen and oxygen atoms in total. The van der Waals surface area contributed by atoms with E-state index in [-0.39, 0.29) is 24.3 Å². The fourth-order valence-electron chi connectivity index (χ4n) is 3.89. The van der Waals surface area contributed by atoms with Gasteiger partial charge in [-0.3, -0.25) is 9.59 Å². The van der Waals surface area contributed by atoms with Crippen LogP contribution in [0.1, 0.15) is 35.5 Å². The number of nitrogens with zero attached hydrogens (tertiary/aromatic N) is 2. The molecule has 4 rings (SSSR count). The lowest BCUT2D eigenvalue weighted by molar-refractivity contribution is -0.132. The lowest BCUT2D eigenvalue weighted by Gasteiger charge is -2.36. The number of carbonyl (C=O) groups is 2. The summed E-state index contributed by atoms with van der Waals surface area (Å²) in [6, 6.07) is 15.5. The highest BCUT2D eigenvalue weighted by molar-refractivity contribution is 7.09. The molecule has 0 saturated carbocycles. The predicted octanol–water partition coefficient (Wildman–Crippen LogP) is 4.59. The number of amides is 2. The predicted molar refractivity (Wildman–Crippen MR) is 116 cm³/mol. The van der Waals surface area contributed by atoms with Crippen molar-refractivity contribution in [2.45, 2.75) is 32.7 Å². The molecule has 6 heteroatoms. The Labute approximate surface area is 174 Å². The molecular formula is C23H23N3O2S. The number of thiazole rings is 1. The van der Waals surface area contributed by atoms with Crippen molar-refractivity contribution in [3.63, 3.8) is 0 Å². The van der Waals surface area contributed by atoms with E-state index in [1.165, 1.54) is 5.56 Å². The number of rotatable bonds is 4. The zero-order valence-corrected chi connectivity index (χ0v) is 17.3. The second kappa shape index (κ2) is 8.17. The van der Waals surface area contributed by atoms with Crippen LogP contribution in [0.3, 0.4) is 0 Å². The Hall–Kier alpha value is -2.99. The summed E-state index contributed by atoms with van der Waals surface area (Å²) in [6.45, 7) is 4.18. The maximum Gasteiger partial charge on any atom is 0.226 e. The normalized spacial score (nSPS) is 15.7. The van der Waals surface area contributed by atoms with Crippen molar-refractivity contribution in [1.82, 2.24) is 9.88 Å². The van der Waals surface area contributed by atoms with Crippen LogP contribution < -0.4 is 5.32 Å². The van der Waals surface area contributed by atoms with Gasteiger partial charge in [-0.15, -0.1) is 11.3 Å². The standard InChI is InChI=1S/C23H23N3O2S/c1-15-24-21(14-29-15)18-7-5-8-19(12-18)25-23(28)13-22-20-9-4-3-6-17(20)10-11-26(22)16(2)27/h3-9,12,14,22H,10-11,13H2,1-2H3,(H,25,28). The van der Waals surface area contributed by atoms with Crippen LogP contribution in [-0.2, 0) is 16.0 Å². The summed E-state index contributed by atoms with van der Waals surface area (Å²) in [5, 5.41) is 6.02. The summed E-state index contributed by atoms with van der Waals surface area (Å²) in [5.41, 5.74) is 4.89. The molecule has 1 unspecified atom stereocenters. The minimum atomic E-state index is -0.234. The number of hydrogen-bond donors (Lipinski definition) is 1. The Balaban J connectivity index is 1.52. The molecule has 0 saturated heterocycles. The maximum atomic E-state index is 12.8. The summed E-state index contributed by atoms with van der Waals surface area (Å²) in [6.07, 6.45) is 1.06. The Morgan fingerprint density at radius 2 is 2.03 bits per heavy atom. The van der Waals surface area contributed by atoms with Gasteiger partial charge in [-0.05, 0) is 36.6 Å². The molecule has 0 radical (unpaired) electrons. The van der Waals surface area contributed by atoms with Crippen LogP contribution in [0.2, 0.25) is 0 Å². The quantitative estimate of drug-likeness (QED) is 0.690. The van der Waals surface area contributed by atoms with E-state index in [1.807, 2.05) is 54.8 Å². The lowest BCUT2D eigenvalue weighted by Crippen LogP contribution is -2.40. The number of aryl methyl sites for hydroxylation is 1. The van der Waals surface area contributed by atoms with Crippen molar-refractivity contribution in [3.05, 3.63) is 70.0 Å². The molecule has 0 aliphatic carbocycles. The monoisotopic (exact) mass is 405 g/mol. The van der Waals surface area contributed by atoms with Crippen LogP contribution in [0.4, 0.5) is 5.69 Å². The van der Waals surface area contributed by atoms with Gasteiger partial charge in [-0.1, -0.05) is 36.4 Å². The molecule has 1 atom stereocenters. The molecule has 3 aromatic rings. The molecule has 1 aliphatic heterocycles. The van der Waals surface area contributed by atoms with Gasteiger partial charge in [0.1, 0.15) is 0 Å². The molecular weight excluding hydrogens is 382 g/mol. The first kappa shape index (κ1) is 19.3. The Bertz CT molecular complexity index is 1060. The molecule has 1 aliphatic rings. The highest BCUT2D eigenvalue weighted by atomic mass is 32.1. The minimum absolute atomic E-state index is 0.00166. The SMILES string of the molecule is CC(=O)N1CCc2ccccc2C1CC(=O)Nc1cccc(-c2csc(C)n2)c1. The number of hydrogen-bond acceptors (Lipinski definition) is 4. The van der Waals surface area contributed by atoms with Gasteiger partial charge in [0, 0.05) is 30.1 Å². The molecule has 0 bridgehead atoms. The summed E-state index contributed by atoms with van der Waals surface area (Å²) in [4.78, 5) is 31.3. The number of benzene rings is 2. The average Bonchev–Trinajstić information content (AvgIpc) is 3.14. The van der Waals surface area contributed by atoms with Crippen LogP contribution >= 0.6 is 11.3 Å². The first-order valence-electron chi connectivity index (χ1n) is 9.68. The highest BCUT2D eigenvalue weighted by Crippen LogP contribution is 2.33. The summed E-state index contributed by atoms with van der Waals surface area (Å²) in [7, 11) is 0. The lowest BCUT2D eigenvalue weighted by atomic mass is 9.90. The summed E-state index contributed by atoms with van der Waals surface area (Å²) in [5.74, 6) is -0.109. The van der Waals surface area contributed by atoms with E-state index in [1.54, 1.807) is 23.2 Å². The largest absolute Gasteiger partial charge is 0.335 e. The Morgan fingerprint density at radius 1 is 1.21 bits per heavy atom. The third-order valence-corrected chi connectivity index (χ3v) is 6.03. The number of fused-ring (bicyclic) bond motifs is 1. The molecule has 1 aromatic heterocycles. The Morgan fingerprint density at radius 3 is 2.79 bits per heavy atom. The van der Waals surface area contributed by atoms with E-state index in [0.29, 0.717) is 6.54 Å². The first-order chi connectivity index (χ1) is 14.0. The van der Waals surface area contributed by atoms with Crippen LogP contribution in [0.5, 0.6) is 0 Å². The number of carbonyl (C=O) groups excluding carboxylic acids is 2. The summed E-state index contributed by atoms with van der Waals surface area (Å²) < 4.78 is 0. The molecule has 148 valence electrons. The average molecular weight is 406 g/mol. The topological polar surface area (TPSA) is 62.3 Å². The van der Waals surface area contributed by atoms with Crippen LogP contribution in [-0.4, -0.2) is 28.2 Å². The summed E-state index contributed by atoms with van der Waals surface area (Å²) >= 11 is 1.60. The second-order valence-corrected chi connectivity index (χ2v) is 8.32. The van der Waals surface area contributed by atoms with Crippen molar-refractivity contribution in [1.29, 1.82) is 0 Å². The van der Waals surface area contributed by atoms with Crippen molar-refractivity contribution in [2.24, 2.45) is 0 Å². The molecule has 2 amide bonds. The molecule has 2 aromatic carbocycles. The van der Waals surface area contributed by atoms with Gasteiger partial charge in [0.25, 0.3) is 0 Å².